The Kier molecular flexibility index (Phi) is 5.72. The van der Waals surface area contributed by atoms with Crippen molar-refractivity contribution >= 4 is 23.4 Å². The van der Waals surface area contributed by atoms with E-state index in [2.05, 4.69) is 21.4 Å². The predicted molar refractivity (Wildman–Crippen MR) is 91.4 cm³/mol. The first-order chi connectivity index (χ1) is 11.0. The molecule has 2 rings (SSSR count). The molecule has 1 amide bonds. The second-order valence-electron chi connectivity index (χ2n) is 5.17. The van der Waals surface area contributed by atoms with Crippen LogP contribution < -0.4 is 5.32 Å². The zero-order chi connectivity index (χ0) is 16.8. The minimum Gasteiger partial charge on any atom is -0.325 e. The zero-order valence-electron chi connectivity index (χ0n) is 13.4. The summed E-state index contributed by atoms with van der Waals surface area (Å²) in [5.74, 6) is 0.143. The van der Waals surface area contributed by atoms with E-state index in [0.29, 0.717) is 11.6 Å². The molecule has 0 aliphatic rings. The smallest absolute Gasteiger partial charge is 0.234 e. The lowest BCUT2D eigenvalue weighted by Gasteiger charge is -2.07. The molecule has 1 aromatic heterocycles. The van der Waals surface area contributed by atoms with Crippen molar-refractivity contribution in [1.29, 1.82) is 5.26 Å². The molecule has 0 saturated carbocycles. The van der Waals surface area contributed by atoms with Crippen LogP contribution in [0, 0.1) is 32.1 Å². The van der Waals surface area contributed by atoms with E-state index >= 15 is 0 Å². The summed E-state index contributed by atoms with van der Waals surface area (Å²) < 4.78 is 0. The molecule has 1 heterocycles. The van der Waals surface area contributed by atoms with Gasteiger partial charge < -0.3 is 5.32 Å². The molecular formula is C17H18N4OS. The highest BCUT2D eigenvalue weighted by molar-refractivity contribution is 7.99. The van der Waals surface area contributed by atoms with Crippen LogP contribution >= 0.6 is 11.8 Å². The van der Waals surface area contributed by atoms with Crippen LogP contribution in [-0.4, -0.2) is 21.6 Å². The molecule has 0 radical (unpaired) electrons. The van der Waals surface area contributed by atoms with E-state index in [4.69, 9.17) is 5.26 Å². The summed E-state index contributed by atoms with van der Waals surface area (Å²) in [6, 6.07) is 9.36. The summed E-state index contributed by atoms with van der Waals surface area (Å²) in [6.07, 6.45) is 0.369. The largest absolute Gasteiger partial charge is 0.325 e. The molecule has 23 heavy (non-hydrogen) atoms. The van der Waals surface area contributed by atoms with E-state index in [1.165, 1.54) is 11.8 Å². The van der Waals surface area contributed by atoms with E-state index < -0.39 is 0 Å². The lowest BCUT2D eigenvalue weighted by molar-refractivity contribution is -0.113. The van der Waals surface area contributed by atoms with Crippen molar-refractivity contribution < 1.29 is 4.79 Å². The number of anilines is 1. The van der Waals surface area contributed by atoms with Crippen LogP contribution in [0.5, 0.6) is 0 Å². The number of nitriles is 1. The highest BCUT2D eigenvalue weighted by atomic mass is 32.2. The van der Waals surface area contributed by atoms with Gasteiger partial charge in [0.2, 0.25) is 5.91 Å². The fourth-order valence-corrected chi connectivity index (χ4v) is 2.67. The Morgan fingerprint density at radius 2 is 1.78 bits per heavy atom. The van der Waals surface area contributed by atoms with Gasteiger partial charge in [0.15, 0.2) is 5.16 Å². The van der Waals surface area contributed by atoms with Gasteiger partial charge in [-0.2, -0.15) is 5.26 Å². The number of rotatable bonds is 5. The number of nitrogens with one attached hydrogen (secondary N) is 1. The average molecular weight is 326 g/mol. The van der Waals surface area contributed by atoms with Gasteiger partial charge >= 0.3 is 0 Å². The molecule has 0 spiro atoms. The number of carbonyl (C=O) groups excluding carboxylic acids is 1. The first kappa shape index (κ1) is 17.0. The molecule has 0 aliphatic carbocycles. The summed E-state index contributed by atoms with van der Waals surface area (Å²) in [6.45, 7) is 5.87. The SMILES string of the molecule is Cc1nc(SCC(=O)Nc2ccc(CC#N)cc2)nc(C)c1C. The molecule has 0 saturated heterocycles. The molecule has 1 aromatic carbocycles. The number of thioether (sulfide) groups is 1. The van der Waals surface area contributed by atoms with E-state index in [9.17, 15) is 4.79 Å². The van der Waals surface area contributed by atoms with E-state index in [1.54, 1.807) is 12.1 Å². The van der Waals surface area contributed by atoms with Crippen molar-refractivity contribution in [1.82, 2.24) is 9.97 Å². The third kappa shape index (κ3) is 4.80. The van der Waals surface area contributed by atoms with Gasteiger partial charge in [-0.15, -0.1) is 0 Å². The molecule has 0 atom stereocenters. The third-order valence-corrected chi connectivity index (χ3v) is 4.31. The Morgan fingerprint density at radius 1 is 1.17 bits per heavy atom. The fraction of sp³-hybridized carbons (Fsp3) is 0.294. The summed E-state index contributed by atoms with van der Waals surface area (Å²) in [7, 11) is 0. The van der Waals surface area contributed by atoms with Crippen molar-refractivity contribution in [2.45, 2.75) is 32.3 Å². The van der Waals surface area contributed by atoms with Gasteiger partial charge in [-0.3, -0.25) is 4.79 Å². The maximum absolute atomic E-state index is 12.0. The Labute approximate surface area is 140 Å². The van der Waals surface area contributed by atoms with E-state index in [1.807, 2.05) is 32.9 Å². The van der Waals surface area contributed by atoms with Crippen molar-refractivity contribution in [2.75, 3.05) is 11.1 Å². The number of carbonyl (C=O) groups is 1. The standard InChI is InChI=1S/C17H18N4OS/c1-11-12(2)19-17(20-13(11)3)23-10-16(22)21-15-6-4-14(5-7-15)8-9-18/h4-7H,8,10H2,1-3H3,(H,21,22). The van der Waals surface area contributed by atoms with Crippen LogP contribution in [0.4, 0.5) is 5.69 Å². The van der Waals surface area contributed by atoms with Crippen molar-refractivity contribution in [3.63, 3.8) is 0 Å². The zero-order valence-corrected chi connectivity index (χ0v) is 14.2. The topological polar surface area (TPSA) is 78.7 Å². The van der Waals surface area contributed by atoms with Gasteiger partial charge in [0.05, 0.1) is 18.2 Å². The maximum Gasteiger partial charge on any atom is 0.234 e. The van der Waals surface area contributed by atoms with E-state index in [-0.39, 0.29) is 11.7 Å². The number of aromatic nitrogens is 2. The predicted octanol–water partition coefficient (Wildman–Crippen LogP) is 3.20. The number of aryl methyl sites for hydroxylation is 2. The summed E-state index contributed by atoms with van der Waals surface area (Å²) >= 11 is 1.32. The molecule has 0 fully saturated rings. The average Bonchev–Trinajstić information content (AvgIpc) is 2.52. The number of amides is 1. The minimum absolute atomic E-state index is 0.109. The van der Waals surface area contributed by atoms with Crippen molar-refractivity contribution in [3.05, 3.63) is 46.8 Å². The lowest BCUT2D eigenvalue weighted by atomic mass is 10.1. The monoisotopic (exact) mass is 326 g/mol. The first-order valence-electron chi connectivity index (χ1n) is 7.20. The number of benzene rings is 1. The highest BCUT2D eigenvalue weighted by Gasteiger charge is 2.08. The molecule has 0 unspecified atom stereocenters. The molecule has 0 bridgehead atoms. The normalized spacial score (nSPS) is 10.2. The molecule has 118 valence electrons. The first-order valence-corrected chi connectivity index (χ1v) is 8.18. The van der Waals surface area contributed by atoms with Gasteiger partial charge in [-0.05, 0) is 44.0 Å². The van der Waals surface area contributed by atoms with Gasteiger partial charge in [-0.25, -0.2) is 9.97 Å². The van der Waals surface area contributed by atoms with Crippen LogP contribution in [0.25, 0.3) is 0 Å². The number of nitrogens with zero attached hydrogens (tertiary/aromatic N) is 3. The number of hydrogen-bond donors (Lipinski definition) is 1. The van der Waals surface area contributed by atoms with Gasteiger partial charge in [-0.1, -0.05) is 23.9 Å². The summed E-state index contributed by atoms with van der Waals surface area (Å²) in [5.41, 5.74) is 4.60. The van der Waals surface area contributed by atoms with Crippen LogP contribution in [0.3, 0.4) is 0 Å². The van der Waals surface area contributed by atoms with Crippen LogP contribution in [0.15, 0.2) is 29.4 Å². The second-order valence-corrected chi connectivity index (χ2v) is 6.11. The lowest BCUT2D eigenvalue weighted by Crippen LogP contribution is -2.14. The number of hydrogen-bond acceptors (Lipinski definition) is 5. The van der Waals surface area contributed by atoms with Crippen molar-refractivity contribution in [3.8, 4) is 6.07 Å². The van der Waals surface area contributed by atoms with Crippen LogP contribution in [0.2, 0.25) is 0 Å². The molecule has 5 nitrogen and oxygen atoms in total. The van der Waals surface area contributed by atoms with Crippen LogP contribution in [0.1, 0.15) is 22.5 Å². The quantitative estimate of drug-likeness (QED) is 0.674. The van der Waals surface area contributed by atoms with Gasteiger partial charge in [0.1, 0.15) is 0 Å². The Balaban J connectivity index is 1.91. The second kappa shape index (κ2) is 7.75. The third-order valence-electron chi connectivity index (χ3n) is 3.47. The molecule has 1 N–H and O–H groups in total. The summed E-state index contributed by atoms with van der Waals surface area (Å²) in [5, 5.41) is 12.1. The molecule has 0 aliphatic heterocycles. The van der Waals surface area contributed by atoms with Crippen LogP contribution in [-0.2, 0) is 11.2 Å². The van der Waals surface area contributed by atoms with Crippen molar-refractivity contribution in [2.24, 2.45) is 0 Å². The summed E-state index contributed by atoms with van der Waals surface area (Å²) in [4.78, 5) is 20.8. The molecule has 2 aromatic rings. The van der Waals surface area contributed by atoms with E-state index in [0.717, 1.165) is 28.2 Å². The fourth-order valence-electron chi connectivity index (χ4n) is 1.93. The minimum atomic E-state index is -0.109. The van der Waals surface area contributed by atoms with Gasteiger partial charge in [0.25, 0.3) is 0 Å². The van der Waals surface area contributed by atoms with Gasteiger partial charge in [0, 0.05) is 17.1 Å². The highest BCUT2D eigenvalue weighted by Crippen LogP contribution is 2.17. The Hall–Kier alpha value is -2.39. The Bertz CT molecular complexity index is 727. The Morgan fingerprint density at radius 3 is 2.35 bits per heavy atom. The maximum atomic E-state index is 12.0. The molecule has 6 heteroatoms. The molecular weight excluding hydrogens is 308 g/mol.